The number of benzene rings is 2. The topological polar surface area (TPSA) is 145 Å². The van der Waals surface area contributed by atoms with E-state index in [4.69, 9.17) is 10.2 Å². The monoisotopic (exact) mass is 474 g/mol. The summed E-state index contributed by atoms with van der Waals surface area (Å²) in [5, 5.41) is 26.6. The molecule has 0 aliphatic carbocycles. The molecule has 1 unspecified atom stereocenters. The van der Waals surface area contributed by atoms with Gasteiger partial charge in [-0.15, -0.1) is 0 Å². The first kappa shape index (κ1) is 23.4. The van der Waals surface area contributed by atoms with E-state index in [1.54, 1.807) is 38.1 Å². The van der Waals surface area contributed by atoms with E-state index < -0.39 is 17.9 Å². The number of hydrogen-bond donors (Lipinski definition) is 3. The Kier molecular flexibility index (Phi) is 6.20. The second-order valence-corrected chi connectivity index (χ2v) is 8.08. The third-order valence-electron chi connectivity index (χ3n) is 5.77. The van der Waals surface area contributed by atoms with E-state index in [1.807, 2.05) is 0 Å². The molecular formula is C25H22N4O6. The number of carboxylic acid groups (broad SMARTS) is 2. The average molecular weight is 474 g/mol. The Morgan fingerprint density at radius 1 is 0.943 bits per heavy atom. The number of hydrazone groups is 1. The number of carbonyl (C=O) groups is 3. The van der Waals surface area contributed by atoms with Gasteiger partial charge in [0.2, 0.25) is 0 Å². The van der Waals surface area contributed by atoms with Crippen LogP contribution < -0.4 is 10.6 Å². The summed E-state index contributed by atoms with van der Waals surface area (Å²) >= 11 is 0. The summed E-state index contributed by atoms with van der Waals surface area (Å²) in [6.07, 6.45) is 3.73. The summed E-state index contributed by atoms with van der Waals surface area (Å²) in [6.45, 7) is 3.50. The number of carboxylic acids is 2. The first-order valence-corrected chi connectivity index (χ1v) is 10.7. The van der Waals surface area contributed by atoms with Crippen molar-refractivity contribution < 1.29 is 24.6 Å². The largest absolute Gasteiger partial charge is 0.478 e. The number of anilines is 1. The molecule has 0 saturated heterocycles. The molecule has 35 heavy (non-hydrogen) atoms. The van der Waals surface area contributed by atoms with E-state index in [1.165, 1.54) is 46.1 Å². The van der Waals surface area contributed by atoms with E-state index in [-0.39, 0.29) is 22.6 Å². The molecule has 0 fully saturated rings. The van der Waals surface area contributed by atoms with Gasteiger partial charge in [0.25, 0.3) is 11.5 Å². The van der Waals surface area contributed by atoms with E-state index in [2.05, 4.69) is 10.2 Å². The van der Waals surface area contributed by atoms with Crippen LogP contribution in [0.4, 0.5) is 5.69 Å². The molecular weight excluding hydrogens is 452 g/mol. The van der Waals surface area contributed by atoms with E-state index in [9.17, 15) is 19.2 Å². The molecule has 10 heteroatoms. The number of aryl methyl sites for hydroxylation is 1. The fourth-order valence-corrected chi connectivity index (χ4v) is 3.82. The minimum atomic E-state index is -1.05. The molecule has 4 rings (SSSR count). The molecule has 0 saturated carbocycles. The molecule has 1 aromatic heterocycles. The van der Waals surface area contributed by atoms with Crippen LogP contribution in [0.5, 0.6) is 0 Å². The molecule has 1 aliphatic rings. The lowest BCUT2D eigenvalue weighted by atomic mass is 9.99. The fourth-order valence-electron chi connectivity index (χ4n) is 3.82. The SMILES string of the molecule is CC1=NN(c2ccc(C(=O)O)cc2)C(=O)C1C/C=C/c1c(C)[nH]n(-c2ccc(C(=O)O)cc2)c1=O. The van der Waals surface area contributed by atoms with Crippen LogP contribution in [0, 0.1) is 12.8 Å². The molecule has 10 nitrogen and oxygen atoms in total. The van der Waals surface area contributed by atoms with Crippen LogP contribution in [0.15, 0.2) is 64.5 Å². The van der Waals surface area contributed by atoms with Crippen LogP contribution in [0.2, 0.25) is 0 Å². The average Bonchev–Trinajstić information content (AvgIpc) is 3.28. The van der Waals surface area contributed by atoms with Gasteiger partial charge in [-0.05, 0) is 68.8 Å². The Morgan fingerprint density at radius 2 is 1.49 bits per heavy atom. The molecule has 0 bridgehead atoms. The van der Waals surface area contributed by atoms with Crippen molar-refractivity contribution >= 4 is 35.3 Å². The highest BCUT2D eigenvalue weighted by Gasteiger charge is 2.33. The van der Waals surface area contributed by atoms with Crippen LogP contribution in [-0.2, 0) is 4.79 Å². The number of H-pyrrole nitrogens is 1. The number of carbonyl (C=O) groups excluding carboxylic acids is 1. The number of aromatic nitrogens is 2. The first-order chi connectivity index (χ1) is 16.7. The normalized spacial score (nSPS) is 15.6. The number of aromatic carboxylic acids is 2. The van der Waals surface area contributed by atoms with Gasteiger partial charge in [0, 0.05) is 11.4 Å². The molecule has 3 N–H and O–H groups in total. The predicted molar refractivity (Wildman–Crippen MR) is 129 cm³/mol. The molecule has 0 radical (unpaired) electrons. The van der Waals surface area contributed by atoms with Crippen molar-refractivity contribution in [1.82, 2.24) is 9.78 Å². The van der Waals surface area contributed by atoms with Gasteiger partial charge < -0.3 is 10.2 Å². The van der Waals surface area contributed by atoms with Crippen molar-refractivity contribution in [2.24, 2.45) is 11.0 Å². The smallest absolute Gasteiger partial charge is 0.335 e. The van der Waals surface area contributed by atoms with Crippen molar-refractivity contribution in [2.75, 3.05) is 5.01 Å². The first-order valence-electron chi connectivity index (χ1n) is 10.7. The summed E-state index contributed by atoms with van der Waals surface area (Å²) in [4.78, 5) is 47.9. The van der Waals surface area contributed by atoms with Crippen LogP contribution in [-0.4, -0.2) is 43.6 Å². The molecule has 3 aromatic rings. The van der Waals surface area contributed by atoms with Crippen LogP contribution >= 0.6 is 0 Å². The number of allylic oxidation sites excluding steroid dienone is 1. The zero-order chi connectivity index (χ0) is 25.3. The van der Waals surface area contributed by atoms with Gasteiger partial charge in [-0.3, -0.25) is 14.7 Å². The quantitative estimate of drug-likeness (QED) is 0.479. The third kappa shape index (κ3) is 4.54. The zero-order valence-corrected chi connectivity index (χ0v) is 18.9. The van der Waals surface area contributed by atoms with E-state index in [0.717, 1.165) is 0 Å². The molecule has 1 atom stereocenters. The Hall–Kier alpha value is -4.73. The summed E-state index contributed by atoms with van der Waals surface area (Å²) in [5.41, 5.74) is 2.57. The lowest BCUT2D eigenvalue weighted by molar-refractivity contribution is -0.119. The molecule has 2 aromatic carbocycles. The van der Waals surface area contributed by atoms with Crippen molar-refractivity contribution in [3.05, 3.63) is 87.3 Å². The number of nitrogens with one attached hydrogen (secondary N) is 1. The van der Waals surface area contributed by atoms with Crippen molar-refractivity contribution in [1.29, 1.82) is 0 Å². The lowest BCUT2D eigenvalue weighted by Crippen LogP contribution is -2.26. The highest BCUT2D eigenvalue weighted by atomic mass is 16.4. The summed E-state index contributed by atoms with van der Waals surface area (Å²) in [6, 6.07) is 11.8. The van der Waals surface area contributed by atoms with Crippen LogP contribution in [0.3, 0.4) is 0 Å². The van der Waals surface area contributed by atoms with Gasteiger partial charge in [-0.25, -0.2) is 19.3 Å². The van der Waals surface area contributed by atoms with Crippen molar-refractivity contribution in [3.63, 3.8) is 0 Å². The van der Waals surface area contributed by atoms with Gasteiger partial charge in [-0.2, -0.15) is 5.10 Å². The number of amides is 1. The van der Waals surface area contributed by atoms with Gasteiger partial charge in [-0.1, -0.05) is 12.2 Å². The minimum Gasteiger partial charge on any atom is -0.478 e. The number of nitrogens with zero attached hydrogens (tertiary/aromatic N) is 3. The maximum atomic E-state index is 12.9. The lowest BCUT2D eigenvalue weighted by Gasteiger charge is -2.13. The predicted octanol–water partition coefficient (Wildman–Crippen LogP) is 3.31. The maximum Gasteiger partial charge on any atom is 0.335 e. The van der Waals surface area contributed by atoms with Crippen molar-refractivity contribution in [3.8, 4) is 5.69 Å². The summed E-state index contributed by atoms with van der Waals surface area (Å²) in [5.74, 6) is -2.85. The van der Waals surface area contributed by atoms with E-state index in [0.29, 0.717) is 34.8 Å². The Labute approximate surface area is 199 Å². The zero-order valence-electron chi connectivity index (χ0n) is 18.9. The molecule has 2 heterocycles. The number of hydrogen-bond acceptors (Lipinski definition) is 5. The highest BCUT2D eigenvalue weighted by molar-refractivity contribution is 6.15. The summed E-state index contributed by atoms with van der Waals surface area (Å²) < 4.78 is 1.33. The Bertz CT molecular complexity index is 1430. The fraction of sp³-hybridized carbons (Fsp3) is 0.160. The van der Waals surface area contributed by atoms with Crippen LogP contribution in [0.1, 0.15) is 45.3 Å². The maximum absolute atomic E-state index is 12.9. The molecule has 1 aliphatic heterocycles. The van der Waals surface area contributed by atoms with Gasteiger partial charge >= 0.3 is 11.9 Å². The van der Waals surface area contributed by atoms with Crippen LogP contribution in [0.25, 0.3) is 11.8 Å². The summed E-state index contributed by atoms with van der Waals surface area (Å²) in [7, 11) is 0. The van der Waals surface area contributed by atoms with Gasteiger partial charge in [0.15, 0.2) is 0 Å². The molecule has 1 amide bonds. The van der Waals surface area contributed by atoms with Gasteiger partial charge in [0.1, 0.15) is 0 Å². The number of aromatic amines is 1. The highest BCUT2D eigenvalue weighted by Crippen LogP contribution is 2.26. The third-order valence-corrected chi connectivity index (χ3v) is 5.77. The minimum absolute atomic E-state index is 0.117. The molecule has 0 spiro atoms. The second-order valence-electron chi connectivity index (χ2n) is 8.08. The van der Waals surface area contributed by atoms with Gasteiger partial charge in [0.05, 0.1) is 34.0 Å². The Balaban J connectivity index is 1.49. The van der Waals surface area contributed by atoms with E-state index >= 15 is 0 Å². The van der Waals surface area contributed by atoms with Crippen molar-refractivity contribution in [2.45, 2.75) is 20.3 Å². The standard InChI is InChI=1S/C25H22N4O6/c1-14-20(22(30)28(26-14)18-10-6-16(7-11-18)24(32)33)4-3-5-21-15(2)27-29(23(21)31)19-12-8-17(9-13-19)25(34)35/h3-4,6-13,21,26H,5H2,1-2H3,(H,32,33)(H,34,35)/b4-3+. The Morgan fingerprint density at radius 3 is 2.03 bits per heavy atom. The number of rotatable bonds is 7. The second kappa shape index (κ2) is 9.26. The molecule has 178 valence electrons.